The maximum absolute atomic E-state index is 14.9. The summed E-state index contributed by atoms with van der Waals surface area (Å²) in [5, 5.41) is 9.41. The third-order valence-corrected chi connectivity index (χ3v) is 4.03. The molecule has 3 N–H and O–H groups in total. The Labute approximate surface area is 130 Å². The molecule has 0 aromatic carbocycles. The molecule has 4 heterocycles. The Balaban J connectivity index is 1.80. The molecule has 2 saturated heterocycles. The number of halogens is 1. The SMILES string of the molecule is CC1(C)O[C@H]2[C@H](n3cnc4c(N)ncnc43)O[C@](F)(CO)[C@H]2O1. The molecule has 4 rings (SSSR count). The monoisotopic (exact) mass is 325 g/mol. The molecule has 2 aliphatic heterocycles. The van der Waals surface area contributed by atoms with Crippen LogP contribution in [0.15, 0.2) is 12.7 Å². The van der Waals surface area contributed by atoms with E-state index in [2.05, 4.69) is 15.0 Å². The van der Waals surface area contributed by atoms with Gasteiger partial charge in [-0.3, -0.25) is 4.57 Å². The van der Waals surface area contributed by atoms with Gasteiger partial charge >= 0.3 is 0 Å². The van der Waals surface area contributed by atoms with Crippen molar-refractivity contribution < 1.29 is 23.7 Å². The normalized spacial score (nSPS) is 35.7. The topological polar surface area (TPSA) is 118 Å². The number of hydrogen-bond donors (Lipinski definition) is 2. The minimum absolute atomic E-state index is 0.209. The number of rotatable bonds is 2. The van der Waals surface area contributed by atoms with Crippen molar-refractivity contribution in [1.29, 1.82) is 0 Å². The molecule has 0 radical (unpaired) electrons. The summed E-state index contributed by atoms with van der Waals surface area (Å²) in [6, 6.07) is 0. The number of nitrogens with two attached hydrogens (primary N) is 1. The van der Waals surface area contributed by atoms with E-state index in [1.165, 1.54) is 17.2 Å². The van der Waals surface area contributed by atoms with Crippen LogP contribution in [-0.2, 0) is 14.2 Å². The van der Waals surface area contributed by atoms with Crippen LogP contribution in [0.3, 0.4) is 0 Å². The van der Waals surface area contributed by atoms with Gasteiger partial charge < -0.3 is 25.1 Å². The third kappa shape index (κ3) is 2.02. The van der Waals surface area contributed by atoms with Gasteiger partial charge in [0.2, 0.25) is 0 Å². The number of fused-ring (bicyclic) bond motifs is 2. The van der Waals surface area contributed by atoms with Crippen LogP contribution in [0.25, 0.3) is 11.2 Å². The number of ether oxygens (including phenoxy) is 3. The Morgan fingerprint density at radius 1 is 1.30 bits per heavy atom. The molecule has 4 atom stereocenters. The zero-order chi connectivity index (χ0) is 16.4. The Morgan fingerprint density at radius 2 is 2.09 bits per heavy atom. The van der Waals surface area contributed by atoms with Crippen LogP contribution in [0.5, 0.6) is 0 Å². The summed E-state index contributed by atoms with van der Waals surface area (Å²) in [6.45, 7) is 2.49. The lowest BCUT2D eigenvalue weighted by molar-refractivity contribution is -0.264. The fourth-order valence-corrected chi connectivity index (χ4v) is 3.06. The number of nitrogen functional groups attached to an aromatic ring is 1. The summed E-state index contributed by atoms with van der Waals surface area (Å²) in [6.07, 6.45) is -0.0274. The van der Waals surface area contributed by atoms with Crippen LogP contribution in [0.4, 0.5) is 10.2 Å². The second kappa shape index (κ2) is 4.57. The summed E-state index contributed by atoms with van der Waals surface area (Å²) in [7, 11) is 0. The molecule has 0 amide bonds. The van der Waals surface area contributed by atoms with Crippen molar-refractivity contribution in [2.75, 3.05) is 12.3 Å². The molecule has 10 heteroatoms. The van der Waals surface area contributed by atoms with Gasteiger partial charge in [0, 0.05) is 0 Å². The van der Waals surface area contributed by atoms with E-state index in [1.54, 1.807) is 13.8 Å². The predicted octanol–water partition coefficient (Wildman–Crippen LogP) is 0.116. The van der Waals surface area contributed by atoms with E-state index in [1.807, 2.05) is 0 Å². The molecule has 9 nitrogen and oxygen atoms in total. The van der Waals surface area contributed by atoms with Crippen molar-refractivity contribution in [2.45, 2.75) is 43.9 Å². The summed E-state index contributed by atoms with van der Waals surface area (Å²) in [5.41, 5.74) is 6.53. The molecule has 0 spiro atoms. The molecular weight excluding hydrogens is 309 g/mol. The molecule has 23 heavy (non-hydrogen) atoms. The van der Waals surface area contributed by atoms with E-state index in [4.69, 9.17) is 19.9 Å². The molecule has 0 bridgehead atoms. The zero-order valence-electron chi connectivity index (χ0n) is 12.5. The number of alkyl halides is 1. The first kappa shape index (κ1) is 14.7. The minimum Gasteiger partial charge on any atom is -0.390 e. The van der Waals surface area contributed by atoms with Gasteiger partial charge in [-0.1, -0.05) is 0 Å². The van der Waals surface area contributed by atoms with Crippen molar-refractivity contribution in [1.82, 2.24) is 19.5 Å². The lowest BCUT2D eigenvalue weighted by atomic mass is 10.1. The van der Waals surface area contributed by atoms with Crippen LogP contribution in [0.2, 0.25) is 0 Å². The largest absolute Gasteiger partial charge is 0.390 e. The second-order valence-corrected chi connectivity index (χ2v) is 6.06. The van der Waals surface area contributed by atoms with Crippen LogP contribution >= 0.6 is 0 Å². The molecule has 2 aromatic heterocycles. The summed E-state index contributed by atoms with van der Waals surface area (Å²) in [4.78, 5) is 12.1. The Bertz CT molecular complexity index is 768. The van der Waals surface area contributed by atoms with Crippen molar-refractivity contribution in [3.63, 3.8) is 0 Å². The lowest BCUT2D eigenvalue weighted by Gasteiger charge is -2.27. The van der Waals surface area contributed by atoms with E-state index in [0.717, 1.165) is 0 Å². The van der Waals surface area contributed by atoms with Crippen LogP contribution < -0.4 is 5.73 Å². The number of aliphatic hydroxyl groups excluding tert-OH is 1. The highest BCUT2D eigenvalue weighted by Gasteiger charge is 2.64. The standard InChI is InChI=1S/C13H16FN5O4/c1-12(2)21-7-8(22-12)13(14,3-20)23-11(7)19-5-18-6-9(15)16-4-17-10(6)19/h4-5,7-8,11,20H,3H2,1-2H3,(H2,15,16,17)/t7-,8+,11-,13-/m1/s1. The fraction of sp³-hybridized carbons (Fsp3) is 0.615. The molecule has 2 fully saturated rings. The van der Waals surface area contributed by atoms with E-state index in [9.17, 15) is 9.50 Å². The van der Waals surface area contributed by atoms with Crippen LogP contribution in [-0.4, -0.2) is 55.1 Å². The summed E-state index contributed by atoms with van der Waals surface area (Å²) >= 11 is 0. The smallest absolute Gasteiger partial charge is 0.263 e. The van der Waals surface area contributed by atoms with E-state index in [0.29, 0.717) is 11.2 Å². The average Bonchev–Trinajstić information content (AvgIpc) is 3.12. The van der Waals surface area contributed by atoms with Crippen molar-refractivity contribution in [3.05, 3.63) is 12.7 Å². The van der Waals surface area contributed by atoms with Crippen molar-refractivity contribution >= 4 is 17.0 Å². The van der Waals surface area contributed by atoms with Gasteiger partial charge in [-0.25, -0.2) is 19.3 Å². The van der Waals surface area contributed by atoms with Gasteiger partial charge in [0.1, 0.15) is 24.6 Å². The number of anilines is 1. The highest BCUT2D eigenvalue weighted by atomic mass is 19.2. The minimum atomic E-state index is -2.38. The number of aliphatic hydroxyl groups is 1. The number of imidazole rings is 1. The second-order valence-electron chi connectivity index (χ2n) is 6.06. The summed E-state index contributed by atoms with van der Waals surface area (Å²) < 4.78 is 33.1. The highest BCUT2D eigenvalue weighted by molar-refractivity contribution is 5.81. The van der Waals surface area contributed by atoms with Gasteiger partial charge in [0.25, 0.3) is 5.85 Å². The fourth-order valence-electron chi connectivity index (χ4n) is 3.06. The lowest BCUT2D eigenvalue weighted by Crippen LogP contribution is -2.42. The average molecular weight is 325 g/mol. The van der Waals surface area contributed by atoms with E-state index >= 15 is 0 Å². The van der Waals surface area contributed by atoms with Crippen LogP contribution in [0, 0.1) is 0 Å². The first-order chi connectivity index (χ1) is 10.8. The third-order valence-electron chi connectivity index (χ3n) is 4.03. The van der Waals surface area contributed by atoms with Crippen LogP contribution in [0.1, 0.15) is 20.1 Å². The van der Waals surface area contributed by atoms with Gasteiger partial charge in [0.15, 0.2) is 29.6 Å². The van der Waals surface area contributed by atoms with E-state index in [-0.39, 0.29) is 5.82 Å². The molecule has 0 saturated carbocycles. The summed E-state index contributed by atoms with van der Waals surface area (Å²) in [5.74, 6) is -3.16. The quantitative estimate of drug-likeness (QED) is 0.799. The molecule has 0 aliphatic carbocycles. The van der Waals surface area contributed by atoms with Gasteiger partial charge in [-0.2, -0.15) is 0 Å². The van der Waals surface area contributed by atoms with Gasteiger partial charge in [-0.05, 0) is 13.8 Å². The Morgan fingerprint density at radius 3 is 2.83 bits per heavy atom. The molecule has 2 aromatic rings. The maximum atomic E-state index is 14.9. The van der Waals surface area contributed by atoms with Crippen molar-refractivity contribution in [2.24, 2.45) is 0 Å². The number of hydrogen-bond acceptors (Lipinski definition) is 8. The van der Waals surface area contributed by atoms with E-state index < -0.39 is 36.7 Å². The van der Waals surface area contributed by atoms with Gasteiger partial charge in [0.05, 0.1) is 6.33 Å². The first-order valence-corrected chi connectivity index (χ1v) is 7.11. The number of aromatic nitrogens is 4. The Kier molecular flexibility index (Phi) is 2.92. The van der Waals surface area contributed by atoms with Gasteiger partial charge in [-0.15, -0.1) is 0 Å². The molecule has 0 unspecified atom stereocenters. The number of nitrogens with zero attached hydrogens (tertiary/aromatic N) is 4. The molecule has 2 aliphatic rings. The maximum Gasteiger partial charge on any atom is 0.263 e. The predicted molar refractivity (Wildman–Crippen MR) is 74.6 cm³/mol. The highest BCUT2D eigenvalue weighted by Crippen LogP contribution is 2.49. The zero-order valence-corrected chi connectivity index (χ0v) is 12.5. The molecular formula is C13H16FN5O4. The first-order valence-electron chi connectivity index (χ1n) is 7.11. The van der Waals surface area contributed by atoms with Crippen molar-refractivity contribution in [3.8, 4) is 0 Å². The Hall–Kier alpha value is -1.88. The molecule has 124 valence electrons.